The van der Waals surface area contributed by atoms with Crippen molar-refractivity contribution in [3.05, 3.63) is 94.3 Å². The highest BCUT2D eigenvalue weighted by molar-refractivity contribution is 6.32. The van der Waals surface area contributed by atoms with Gasteiger partial charge in [0.15, 0.2) is 17.2 Å². The Morgan fingerprint density at radius 1 is 1.00 bits per heavy atom. The third kappa shape index (κ3) is 5.45. The molecule has 4 aromatic rings. The first-order chi connectivity index (χ1) is 19.8. The number of hydrogen-bond acceptors (Lipinski definition) is 6. The molecule has 1 amide bonds. The lowest BCUT2D eigenvalue weighted by Crippen LogP contribution is -2.29. The molecule has 0 saturated carbocycles. The van der Waals surface area contributed by atoms with Crippen LogP contribution in [0, 0.1) is 0 Å². The molecule has 0 radical (unpaired) electrons. The van der Waals surface area contributed by atoms with Crippen molar-refractivity contribution >= 4 is 29.2 Å². The van der Waals surface area contributed by atoms with Gasteiger partial charge in [-0.15, -0.1) is 0 Å². The number of carboxylic acids is 1. The van der Waals surface area contributed by atoms with Gasteiger partial charge in [0.25, 0.3) is 5.91 Å². The molecule has 0 unspecified atom stereocenters. The Balaban J connectivity index is 1.53. The van der Waals surface area contributed by atoms with Gasteiger partial charge in [-0.25, -0.2) is 9.48 Å². The molecule has 3 aromatic carbocycles. The number of aromatic nitrogens is 2. The van der Waals surface area contributed by atoms with E-state index in [0.29, 0.717) is 17.2 Å². The van der Waals surface area contributed by atoms with Crippen LogP contribution in [-0.4, -0.2) is 40.6 Å². The van der Waals surface area contributed by atoms with Gasteiger partial charge in [-0.1, -0.05) is 17.7 Å². The molecule has 0 spiro atoms. The third-order valence-electron chi connectivity index (χ3n) is 6.53. The van der Waals surface area contributed by atoms with Crippen LogP contribution in [-0.2, 0) is 11.8 Å². The third-order valence-corrected chi connectivity index (χ3v) is 6.88. The van der Waals surface area contributed by atoms with E-state index in [4.69, 9.17) is 30.9 Å². The van der Waals surface area contributed by atoms with Crippen molar-refractivity contribution in [2.45, 2.75) is 25.6 Å². The van der Waals surface area contributed by atoms with Crippen LogP contribution in [0.1, 0.15) is 46.0 Å². The van der Waals surface area contributed by atoms with Crippen molar-refractivity contribution in [1.29, 1.82) is 0 Å². The van der Waals surface area contributed by atoms with Crippen LogP contribution in [0.25, 0.3) is 5.69 Å². The largest absolute Gasteiger partial charge is 0.481 e. The summed E-state index contributed by atoms with van der Waals surface area (Å²) in [6.45, 7) is 3.07. The molecule has 9 nitrogen and oxygen atoms in total. The number of carbonyl (C=O) groups excluding carboxylic acids is 1. The first-order valence-electron chi connectivity index (χ1n) is 12.4. The van der Waals surface area contributed by atoms with E-state index < -0.39 is 34.4 Å². The van der Waals surface area contributed by atoms with Crippen molar-refractivity contribution in [2.75, 3.05) is 18.7 Å². The average Bonchev–Trinajstić information content (AvgIpc) is 3.56. The fraction of sp³-hybridized carbons (Fsp3) is 0.207. The van der Waals surface area contributed by atoms with Gasteiger partial charge in [-0.2, -0.15) is 18.3 Å². The Kier molecular flexibility index (Phi) is 7.27. The number of carboxylic acid groups (broad SMARTS) is 1. The smallest absolute Gasteiger partial charge is 0.436 e. The number of anilines is 1. The number of alkyl halides is 3. The van der Waals surface area contributed by atoms with E-state index >= 15 is 0 Å². The molecule has 2 heterocycles. The van der Waals surface area contributed by atoms with Gasteiger partial charge >= 0.3 is 12.1 Å². The summed E-state index contributed by atoms with van der Waals surface area (Å²) in [6.07, 6.45) is -4.89. The number of halogens is 4. The maximum absolute atomic E-state index is 14.0. The Labute approximate surface area is 242 Å². The molecule has 42 heavy (non-hydrogen) atoms. The average molecular weight is 602 g/mol. The molecule has 0 atom stereocenters. The zero-order valence-corrected chi connectivity index (χ0v) is 23.2. The van der Waals surface area contributed by atoms with Gasteiger partial charge in [-0.05, 0) is 68.4 Å². The Morgan fingerprint density at radius 2 is 1.69 bits per heavy atom. The van der Waals surface area contributed by atoms with Crippen LogP contribution < -0.4 is 19.1 Å². The van der Waals surface area contributed by atoms with E-state index in [1.54, 1.807) is 25.2 Å². The van der Waals surface area contributed by atoms with Gasteiger partial charge < -0.3 is 24.2 Å². The predicted molar refractivity (Wildman–Crippen MR) is 146 cm³/mol. The first-order valence-corrected chi connectivity index (χ1v) is 12.8. The number of fused-ring (bicyclic) bond motifs is 1. The number of aromatic carboxylic acids is 1. The first kappa shape index (κ1) is 28.8. The number of rotatable bonds is 7. The quantitative estimate of drug-likeness (QED) is 0.256. The second kappa shape index (κ2) is 10.6. The van der Waals surface area contributed by atoms with E-state index in [-0.39, 0.29) is 35.1 Å². The van der Waals surface area contributed by atoms with Crippen LogP contribution in [0.5, 0.6) is 17.2 Å². The topological polar surface area (TPSA) is 103 Å². The van der Waals surface area contributed by atoms with E-state index in [1.165, 1.54) is 67.3 Å². The number of ether oxygens (including phenoxy) is 3. The lowest BCUT2D eigenvalue weighted by molar-refractivity contribution is -0.141. The minimum Gasteiger partial charge on any atom is -0.481 e. The molecular formula is C29H23ClF3N3O6. The molecule has 0 fully saturated rings. The molecule has 0 aliphatic carbocycles. The second-order valence-electron chi connectivity index (χ2n) is 9.81. The predicted octanol–water partition coefficient (Wildman–Crippen LogP) is 6.56. The maximum atomic E-state index is 14.0. The van der Waals surface area contributed by atoms with Crippen molar-refractivity contribution in [3.63, 3.8) is 0 Å². The van der Waals surface area contributed by atoms with Gasteiger partial charge in [0.05, 0.1) is 16.3 Å². The minimum absolute atomic E-state index is 0.00906. The molecule has 1 aliphatic rings. The molecule has 1 aromatic heterocycles. The number of nitrogens with zero attached hydrogens (tertiary/aromatic N) is 3. The summed E-state index contributed by atoms with van der Waals surface area (Å²) in [5.74, 6) is -0.364. The fourth-order valence-corrected chi connectivity index (χ4v) is 4.92. The minimum atomic E-state index is -4.89. The summed E-state index contributed by atoms with van der Waals surface area (Å²) in [4.78, 5) is 26.0. The maximum Gasteiger partial charge on any atom is 0.436 e. The lowest BCUT2D eigenvalue weighted by Gasteiger charge is -2.28. The van der Waals surface area contributed by atoms with E-state index in [0.717, 1.165) is 4.68 Å². The molecule has 1 N–H and O–H groups in total. The monoisotopic (exact) mass is 601 g/mol. The van der Waals surface area contributed by atoms with E-state index in [9.17, 15) is 22.8 Å². The van der Waals surface area contributed by atoms with Crippen LogP contribution in [0.4, 0.5) is 18.9 Å². The van der Waals surface area contributed by atoms with Crippen molar-refractivity contribution in [2.24, 2.45) is 0 Å². The van der Waals surface area contributed by atoms with E-state index in [1.807, 2.05) is 0 Å². The van der Waals surface area contributed by atoms with Crippen LogP contribution in [0.15, 0.2) is 66.7 Å². The van der Waals surface area contributed by atoms with Crippen molar-refractivity contribution in [3.8, 4) is 22.9 Å². The molecule has 5 rings (SSSR count). The second-order valence-corrected chi connectivity index (χ2v) is 10.2. The summed E-state index contributed by atoms with van der Waals surface area (Å²) < 4.78 is 59.5. The summed E-state index contributed by atoms with van der Waals surface area (Å²) in [5, 5.41) is 12.3. The molecular weight excluding hydrogens is 579 g/mol. The zero-order chi connectivity index (χ0) is 30.4. The normalized spacial score (nSPS) is 12.7. The highest BCUT2D eigenvalue weighted by Crippen LogP contribution is 2.42. The molecule has 13 heteroatoms. The Hall–Kier alpha value is -4.71. The molecule has 0 saturated heterocycles. The highest BCUT2D eigenvalue weighted by Gasteiger charge is 2.43. The van der Waals surface area contributed by atoms with Crippen molar-refractivity contribution < 1.29 is 42.1 Å². The summed E-state index contributed by atoms with van der Waals surface area (Å²) in [5.41, 5.74) is -2.14. The summed E-state index contributed by atoms with van der Waals surface area (Å²) >= 11 is 6.30. The molecule has 0 bridgehead atoms. The zero-order valence-electron chi connectivity index (χ0n) is 22.4. The number of hydrogen-bond donors (Lipinski definition) is 1. The fourth-order valence-electron chi connectivity index (χ4n) is 4.47. The van der Waals surface area contributed by atoms with E-state index in [2.05, 4.69) is 5.10 Å². The summed E-state index contributed by atoms with van der Waals surface area (Å²) in [6, 6.07) is 16.3. The van der Waals surface area contributed by atoms with Crippen LogP contribution in [0.3, 0.4) is 0 Å². The summed E-state index contributed by atoms with van der Waals surface area (Å²) in [7, 11) is 1.55. The number of amides is 1. The van der Waals surface area contributed by atoms with Gasteiger partial charge in [0, 0.05) is 24.4 Å². The molecule has 218 valence electrons. The van der Waals surface area contributed by atoms with Gasteiger partial charge in [-0.3, -0.25) is 4.79 Å². The van der Waals surface area contributed by atoms with Crippen LogP contribution >= 0.6 is 11.6 Å². The highest BCUT2D eigenvalue weighted by atomic mass is 35.5. The molecule has 1 aliphatic heterocycles. The van der Waals surface area contributed by atoms with Crippen LogP contribution in [0.2, 0.25) is 5.02 Å². The number of carbonyl (C=O) groups is 2. The number of benzene rings is 3. The lowest BCUT2D eigenvalue weighted by atomic mass is 10.0. The Morgan fingerprint density at radius 3 is 2.36 bits per heavy atom. The Bertz CT molecular complexity index is 1690. The van der Waals surface area contributed by atoms with Gasteiger partial charge in [0.2, 0.25) is 6.79 Å². The van der Waals surface area contributed by atoms with Crippen molar-refractivity contribution in [1.82, 2.24) is 9.78 Å². The standard InChI is InChI=1S/C29H23ClF3N3O6/c1-28(2,42-20-10-7-16(8-11-20)27(38)39)25-23(30)24(29(31,32)33)34-36(25)19-6-4-5-17(13-19)26(37)35(3)18-9-12-21-22(14-18)41-15-40-21/h4-14H,15H2,1-3H3,(H,38,39). The van der Waals surface area contributed by atoms with Gasteiger partial charge in [0.1, 0.15) is 17.0 Å². The SMILES string of the molecule is CN(C(=O)c1cccc(-n2nc(C(F)(F)F)c(Cl)c2C(C)(C)Oc2ccc(C(=O)O)cc2)c1)c1ccc2c(c1)OCO2.